The maximum Gasteiger partial charge on any atom is 0.258 e. The van der Waals surface area contributed by atoms with Crippen LogP contribution in [0.3, 0.4) is 0 Å². The summed E-state index contributed by atoms with van der Waals surface area (Å²) in [6.45, 7) is 5.41. The van der Waals surface area contributed by atoms with Gasteiger partial charge in [0.2, 0.25) is 5.91 Å². The van der Waals surface area contributed by atoms with Gasteiger partial charge in [-0.3, -0.25) is 14.3 Å². The van der Waals surface area contributed by atoms with Gasteiger partial charge in [-0.15, -0.1) is 0 Å². The molecule has 0 bridgehead atoms. The van der Waals surface area contributed by atoms with Gasteiger partial charge in [0.25, 0.3) is 5.91 Å². The molecule has 3 rings (SSSR count). The first-order valence-electron chi connectivity index (χ1n) is 9.06. The van der Waals surface area contributed by atoms with Crippen LogP contribution in [0.5, 0.6) is 0 Å². The van der Waals surface area contributed by atoms with Crippen molar-refractivity contribution in [2.45, 2.75) is 26.8 Å². The van der Waals surface area contributed by atoms with Crippen LogP contribution in [0.1, 0.15) is 34.7 Å². The smallest absolute Gasteiger partial charge is 0.258 e. The van der Waals surface area contributed by atoms with Crippen LogP contribution in [0, 0.1) is 25.5 Å². The molecular formula is C21H19ClF2N4O2. The molecular weight excluding hydrogens is 414 g/mol. The summed E-state index contributed by atoms with van der Waals surface area (Å²) < 4.78 is 28.7. The molecule has 1 unspecified atom stereocenters. The van der Waals surface area contributed by atoms with Gasteiger partial charge in [0, 0.05) is 11.4 Å². The predicted octanol–water partition coefficient (Wildman–Crippen LogP) is 4.88. The van der Waals surface area contributed by atoms with Gasteiger partial charge in [0.1, 0.15) is 6.04 Å². The molecule has 0 saturated carbocycles. The Kier molecular flexibility index (Phi) is 6.17. The van der Waals surface area contributed by atoms with Crippen molar-refractivity contribution in [2.75, 3.05) is 10.6 Å². The van der Waals surface area contributed by atoms with E-state index in [9.17, 15) is 18.4 Å². The van der Waals surface area contributed by atoms with Gasteiger partial charge in [-0.2, -0.15) is 5.10 Å². The van der Waals surface area contributed by atoms with Crippen molar-refractivity contribution in [3.63, 3.8) is 0 Å². The average Bonchev–Trinajstić information content (AvgIpc) is 3.03. The molecule has 2 amide bonds. The summed E-state index contributed by atoms with van der Waals surface area (Å²) in [5.74, 6) is -3.49. The molecule has 6 nitrogen and oxygen atoms in total. The van der Waals surface area contributed by atoms with E-state index in [0.29, 0.717) is 5.69 Å². The number of aromatic nitrogens is 2. The van der Waals surface area contributed by atoms with Crippen molar-refractivity contribution in [3.05, 3.63) is 76.1 Å². The molecule has 0 fully saturated rings. The lowest BCUT2D eigenvalue weighted by molar-refractivity contribution is -0.119. The summed E-state index contributed by atoms with van der Waals surface area (Å²) in [6, 6.07) is 9.04. The zero-order valence-electron chi connectivity index (χ0n) is 16.5. The first-order chi connectivity index (χ1) is 14.2. The summed E-state index contributed by atoms with van der Waals surface area (Å²) in [5.41, 5.74) is 1.83. The molecule has 1 heterocycles. The van der Waals surface area contributed by atoms with Crippen LogP contribution in [0.15, 0.2) is 42.5 Å². The molecule has 0 aliphatic heterocycles. The number of rotatable bonds is 5. The predicted molar refractivity (Wildman–Crippen MR) is 111 cm³/mol. The number of benzene rings is 2. The number of hydrogen-bond donors (Lipinski definition) is 2. The van der Waals surface area contributed by atoms with E-state index in [4.69, 9.17) is 11.6 Å². The number of hydrogen-bond acceptors (Lipinski definition) is 3. The number of aryl methyl sites for hydroxylation is 2. The fraction of sp³-hybridized carbons (Fsp3) is 0.190. The topological polar surface area (TPSA) is 76.0 Å². The van der Waals surface area contributed by atoms with E-state index < -0.39 is 29.1 Å². The molecule has 9 heteroatoms. The normalized spacial score (nSPS) is 11.8. The fourth-order valence-electron chi connectivity index (χ4n) is 2.96. The molecule has 0 spiro atoms. The Bertz CT molecular complexity index is 1130. The summed E-state index contributed by atoms with van der Waals surface area (Å²) in [7, 11) is 0. The number of carbonyl (C=O) groups excluding carboxylic acids is 2. The van der Waals surface area contributed by atoms with E-state index >= 15 is 0 Å². The quantitative estimate of drug-likeness (QED) is 0.603. The van der Waals surface area contributed by atoms with Crippen molar-refractivity contribution in [1.82, 2.24) is 9.78 Å². The van der Waals surface area contributed by atoms with E-state index in [1.807, 2.05) is 19.9 Å². The lowest BCUT2D eigenvalue weighted by atomic mass is 10.2. The largest absolute Gasteiger partial charge is 0.323 e. The molecule has 2 aromatic carbocycles. The maximum atomic E-state index is 13.8. The minimum Gasteiger partial charge on any atom is -0.323 e. The van der Waals surface area contributed by atoms with Crippen LogP contribution in [0.25, 0.3) is 0 Å². The lowest BCUT2D eigenvalue weighted by Crippen LogP contribution is -2.25. The van der Waals surface area contributed by atoms with Crippen LogP contribution in [-0.4, -0.2) is 21.6 Å². The summed E-state index contributed by atoms with van der Waals surface area (Å²) in [4.78, 5) is 24.8. The SMILES string of the molecule is Cc1cc(C)n(C(C)C(=O)Nc2ccc(NC(=O)c3cccc(F)c3F)cc2Cl)n1. The number of anilines is 2. The van der Waals surface area contributed by atoms with Gasteiger partial charge in [0.15, 0.2) is 11.6 Å². The van der Waals surface area contributed by atoms with Crippen LogP contribution in [-0.2, 0) is 4.79 Å². The van der Waals surface area contributed by atoms with Crippen LogP contribution in [0.2, 0.25) is 5.02 Å². The fourth-order valence-corrected chi connectivity index (χ4v) is 3.19. The van der Waals surface area contributed by atoms with E-state index in [-0.39, 0.29) is 16.6 Å². The third kappa shape index (κ3) is 4.49. The Morgan fingerprint density at radius 2 is 1.83 bits per heavy atom. The molecule has 3 aromatic rings. The van der Waals surface area contributed by atoms with Gasteiger partial charge in [-0.05, 0) is 57.2 Å². The summed E-state index contributed by atoms with van der Waals surface area (Å²) in [6.07, 6.45) is 0. The van der Waals surface area contributed by atoms with Crippen molar-refractivity contribution in [3.8, 4) is 0 Å². The van der Waals surface area contributed by atoms with Gasteiger partial charge >= 0.3 is 0 Å². The van der Waals surface area contributed by atoms with Gasteiger partial charge < -0.3 is 10.6 Å². The zero-order chi connectivity index (χ0) is 22.0. The molecule has 0 aliphatic rings. The van der Waals surface area contributed by atoms with E-state index in [2.05, 4.69) is 15.7 Å². The highest BCUT2D eigenvalue weighted by atomic mass is 35.5. The maximum absolute atomic E-state index is 13.8. The summed E-state index contributed by atoms with van der Waals surface area (Å²) in [5, 5.41) is 9.64. The number of amides is 2. The Labute approximate surface area is 176 Å². The second kappa shape index (κ2) is 8.62. The number of carbonyl (C=O) groups is 2. The van der Waals surface area contributed by atoms with E-state index in [1.54, 1.807) is 11.6 Å². The molecule has 1 atom stereocenters. The Hall–Kier alpha value is -3.26. The van der Waals surface area contributed by atoms with Crippen molar-refractivity contribution < 1.29 is 18.4 Å². The Morgan fingerprint density at radius 3 is 2.47 bits per heavy atom. The van der Waals surface area contributed by atoms with Crippen molar-refractivity contribution >= 4 is 34.8 Å². The van der Waals surface area contributed by atoms with Gasteiger partial charge in [-0.25, -0.2) is 8.78 Å². The number of halogens is 3. The molecule has 30 heavy (non-hydrogen) atoms. The zero-order valence-corrected chi connectivity index (χ0v) is 17.2. The van der Waals surface area contributed by atoms with E-state index in [1.165, 1.54) is 30.3 Å². The van der Waals surface area contributed by atoms with Gasteiger partial charge in [-0.1, -0.05) is 17.7 Å². The highest BCUT2D eigenvalue weighted by Crippen LogP contribution is 2.27. The molecule has 0 radical (unpaired) electrons. The first-order valence-corrected chi connectivity index (χ1v) is 9.43. The molecule has 156 valence electrons. The molecule has 0 aliphatic carbocycles. The monoisotopic (exact) mass is 432 g/mol. The van der Waals surface area contributed by atoms with Crippen LogP contribution in [0.4, 0.5) is 20.2 Å². The second-order valence-corrected chi connectivity index (χ2v) is 7.19. The van der Waals surface area contributed by atoms with Crippen molar-refractivity contribution in [1.29, 1.82) is 0 Å². The third-order valence-electron chi connectivity index (χ3n) is 4.47. The van der Waals surface area contributed by atoms with Crippen molar-refractivity contribution in [2.24, 2.45) is 0 Å². The Morgan fingerprint density at radius 1 is 1.10 bits per heavy atom. The number of nitrogens with zero attached hydrogens (tertiary/aromatic N) is 2. The summed E-state index contributed by atoms with van der Waals surface area (Å²) >= 11 is 6.22. The standard InChI is InChI=1S/C21H19ClF2N4O2/c1-11-9-12(2)28(27-11)13(3)20(29)26-18-8-7-14(10-16(18)22)25-21(30)15-5-4-6-17(23)19(15)24/h4-10,13H,1-3H3,(H,25,30)(H,26,29). The minimum atomic E-state index is -1.23. The first kappa shape index (κ1) is 21.4. The highest BCUT2D eigenvalue weighted by molar-refractivity contribution is 6.34. The Balaban J connectivity index is 1.72. The van der Waals surface area contributed by atoms with E-state index in [0.717, 1.165) is 17.5 Å². The lowest BCUT2D eigenvalue weighted by Gasteiger charge is -2.16. The third-order valence-corrected chi connectivity index (χ3v) is 4.78. The van der Waals surface area contributed by atoms with Gasteiger partial charge in [0.05, 0.1) is 22.0 Å². The second-order valence-electron chi connectivity index (χ2n) is 6.79. The van der Waals surface area contributed by atoms with Crippen LogP contribution < -0.4 is 10.6 Å². The molecule has 1 aromatic heterocycles. The average molecular weight is 433 g/mol. The minimum absolute atomic E-state index is 0.168. The molecule has 2 N–H and O–H groups in total. The highest BCUT2D eigenvalue weighted by Gasteiger charge is 2.20. The number of nitrogens with one attached hydrogen (secondary N) is 2. The molecule has 0 saturated heterocycles. The van der Waals surface area contributed by atoms with Crippen LogP contribution >= 0.6 is 11.6 Å².